The molecule has 0 fully saturated rings. The second-order valence-corrected chi connectivity index (χ2v) is 5.47. The second-order valence-electron chi connectivity index (χ2n) is 4.56. The first-order valence-corrected chi connectivity index (χ1v) is 6.69. The highest BCUT2D eigenvalue weighted by Gasteiger charge is 2.35. The molecule has 1 aromatic carbocycles. The predicted molar refractivity (Wildman–Crippen MR) is 74.0 cm³/mol. The molecule has 0 radical (unpaired) electrons. The van der Waals surface area contributed by atoms with Crippen molar-refractivity contribution in [3.8, 4) is 0 Å². The standard InChI is InChI=1S/C13H15BrN2O2/c1-8(2)15-5-6-16-11-7-9(14)3-4-10(11)12(17)13(16)18/h3-4,7-8,15H,5-6H2,1-2H3. The van der Waals surface area contributed by atoms with Crippen LogP contribution in [0, 0.1) is 0 Å². The van der Waals surface area contributed by atoms with E-state index in [1.54, 1.807) is 12.1 Å². The summed E-state index contributed by atoms with van der Waals surface area (Å²) in [6.45, 7) is 5.26. The van der Waals surface area contributed by atoms with E-state index in [1.807, 2.05) is 19.9 Å². The molecule has 0 unspecified atom stereocenters. The molecule has 4 nitrogen and oxygen atoms in total. The Balaban J connectivity index is 2.19. The average Bonchev–Trinajstić information content (AvgIpc) is 2.53. The van der Waals surface area contributed by atoms with E-state index in [0.717, 1.165) is 4.47 Å². The molecule has 5 heteroatoms. The number of hydrogen-bond donors (Lipinski definition) is 1. The van der Waals surface area contributed by atoms with Gasteiger partial charge in [-0.1, -0.05) is 29.8 Å². The summed E-state index contributed by atoms with van der Waals surface area (Å²) in [4.78, 5) is 25.2. The van der Waals surface area contributed by atoms with Gasteiger partial charge in [0, 0.05) is 23.6 Å². The van der Waals surface area contributed by atoms with Crippen LogP contribution >= 0.6 is 15.9 Å². The van der Waals surface area contributed by atoms with Crippen LogP contribution in [-0.4, -0.2) is 30.8 Å². The number of fused-ring (bicyclic) bond motifs is 1. The van der Waals surface area contributed by atoms with E-state index in [9.17, 15) is 9.59 Å². The Morgan fingerprint density at radius 3 is 2.72 bits per heavy atom. The summed E-state index contributed by atoms with van der Waals surface area (Å²) in [7, 11) is 0. The van der Waals surface area contributed by atoms with Crippen LogP contribution in [0.25, 0.3) is 0 Å². The first-order chi connectivity index (χ1) is 8.50. The maximum Gasteiger partial charge on any atom is 0.299 e. The van der Waals surface area contributed by atoms with Gasteiger partial charge in [-0.25, -0.2) is 0 Å². The summed E-state index contributed by atoms with van der Waals surface area (Å²) in [5.74, 6) is -0.851. The zero-order valence-corrected chi connectivity index (χ0v) is 12.0. The van der Waals surface area contributed by atoms with Crippen molar-refractivity contribution in [1.29, 1.82) is 0 Å². The summed E-state index contributed by atoms with van der Waals surface area (Å²) in [5, 5.41) is 3.24. The molecule has 1 aromatic rings. The molecule has 0 saturated heterocycles. The summed E-state index contributed by atoms with van der Waals surface area (Å²) < 4.78 is 0.866. The number of carbonyl (C=O) groups is 2. The average molecular weight is 311 g/mol. The zero-order valence-electron chi connectivity index (χ0n) is 10.4. The molecule has 1 amide bonds. The molecule has 96 valence electrons. The van der Waals surface area contributed by atoms with Gasteiger partial charge in [0.15, 0.2) is 0 Å². The fraction of sp³-hybridized carbons (Fsp3) is 0.385. The van der Waals surface area contributed by atoms with Gasteiger partial charge in [-0.2, -0.15) is 0 Å². The van der Waals surface area contributed by atoms with Gasteiger partial charge in [0.05, 0.1) is 11.3 Å². The Kier molecular flexibility index (Phi) is 3.82. The van der Waals surface area contributed by atoms with Gasteiger partial charge in [0.2, 0.25) is 0 Å². The molecule has 0 aromatic heterocycles. The molecule has 18 heavy (non-hydrogen) atoms. The van der Waals surface area contributed by atoms with E-state index >= 15 is 0 Å². The van der Waals surface area contributed by atoms with E-state index < -0.39 is 11.7 Å². The number of anilines is 1. The number of Topliss-reactive ketones (excluding diaryl/α,β-unsaturated/α-hetero) is 1. The highest BCUT2D eigenvalue weighted by molar-refractivity contribution is 9.10. The highest BCUT2D eigenvalue weighted by Crippen LogP contribution is 2.31. The lowest BCUT2D eigenvalue weighted by molar-refractivity contribution is -0.114. The minimum Gasteiger partial charge on any atom is -0.313 e. The van der Waals surface area contributed by atoms with Gasteiger partial charge in [-0.15, -0.1) is 0 Å². The Hall–Kier alpha value is -1.20. The number of halogens is 1. The fourth-order valence-corrected chi connectivity index (χ4v) is 2.30. The molecule has 0 bridgehead atoms. The first kappa shape index (κ1) is 13.2. The highest BCUT2D eigenvalue weighted by atomic mass is 79.9. The number of ketones is 1. The zero-order chi connectivity index (χ0) is 13.3. The van der Waals surface area contributed by atoms with E-state index in [0.29, 0.717) is 30.4 Å². The van der Waals surface area contributed by atoms with Gasteiger partial charge in [-0.3, -0.25) is 9.59 Å². The number of hydrogen-bond acceptors (Lipinski definition) is 3. The van der Waals surface area contributed by atoms with E-state index in [-0.39, 0.29) is 0 Å². The maximum absolute atomic E-state index is 11.9. The number of nitrogens with one attached hydrogen (secondary N) is 1. The molecule has 0 saturated carbocycles. The molecule has 1 aliphatic heterocycles. The second kappa shape index (κ2) is 5.20. The Bertz CT molecular complexity index is 500. The maximum atomic E-state index is 11.9. The number of benzene rings is 1. The number of nitrogens with zero attached hydrogens (tertiary/aromatic N) is 1. The van der Waals surface area contributed by atoms with Gasteiger partial charge >= 0.3 is 0 Å². The topological polar surface area (TPSA) is 49.4 Å². The third-order valence-electron chi connectivity index (χ3n) is 2.82. The molecule has 1 aliphatic rings. The predicted octanol–water partition coefficient (Wildman–Crippen LogP) is 1.98. The molecule has 2 rings (SSSR count). The van der Waals surface area contributed by atoms with Crippen LogP contribution in [0.1, 0.15) is 24.2 Å². The van der Waals surface area contributed by atoms with Crippen LogP contribution in [-0.2, 0) is 4.79 Å². The number of rotatable bonds is 4. The smallest absolute Gasteiger partial charge is 0.299 e. The van der Waals surface area contributed by atoms with Crippen LogP contribution in [0.5, 0.6) is 0 Å². The fourth-order valence-electron chi connectivity index (χ4n) is 1.95. The van der Waals surface area contributed by atoms with Gasteiger partial charge in [0.1, 0.15) is 0 Å². The third kappa shape index (κ3) is 2.47. The van der Waals surface area contributed by atoms with Crippen molar-refractivity contribution in [2.24, 2.45) is 0 Å². The Labute approximate surface area is 114 Å². The van der Waals surface area contributed by atoms with E-state index in [2.05, 4.69) is 21.2 Å². The van der Waals surface area contributed by atoms with Crippen molar-refractivity contribution >= 4 is 33.3 Å². The summed E-state index contributed by atoms with van der Waals surface area (Å²) in [6, 6.07) is 5.64. The number of carbonyl (C=O) groups excluding carboxylic acids is 2. The summed E-state index contributed by atoms with van der Waals surface area (Å²) in [6.07, 6.45) is 0. The largest absolute Gasteiger partial charge is 0.313 e. The van der Waals surface area contributed by atoms with Gasteiger partial charge in [-0.05, 0) is 18.2 Å². The first-order valence-electron chi connectivity index (χ1n) is 5.90. The van der Waals surface area contributed by atoms with Crippen molar-refractivity contribution in [3.05, 3.63) is 28.2 Å². The molecular formula is C13H15BrN2O2. The van der Waals surface area contributed by atoms with Crippen LogP contribution in [0.3, 0.4) is 0 Å². The van der Waals surface area contributed by atoms with Crippen LogP contribution in [0.4, 0.5) is 5.69 Å². The van der Waals surface area contributed by atoms with Crippen molar-refractivity contribution < 1.29 is 9.59 Å². The SMILES string of the molecule is CC(C)NCCN1C(=O)C(=O)c2ccc(Br)cc21. The third-order valence-corrected chi connectivity index (χ3v) is 3.32. The van der Waals surface area contributed by atoms with Crippen molar-refractivity contribution in [1.82, 2.24) is 5.32 Å². The van der Waals surface area contributed by atoms with E-state index in [4.69, 9.17) is 0 Å². The van der Waals surface area contributed by atoms with Crippen molar-refractivity contribution in [3.63, 3.8) is 0 Å². The van der Waals surface area contributed by atoms with Gasteiger partial charge in [0.25, 0.3) is 11.7 Å². The summed E-state index contributed by atoms with van der Waals surface area (Å²) >= 11 is 3.36. The minimum absolute atomic E-state index is 0.361. The van der Waals surface area contributed by atoms with Crippen molar-refractivity contribution in [2.45, 2.75) is 19.9 Å². The lowest BCUT2D eigenvalue weighted by Gasteiger charge is -2.18. The Morgan fingerprint density at radius 1 is 1.33 bits per heavy atom. The molecule has 0 atom stereocenters. The van der Waals surface area contributed by atoms with Gasteiger partial charge < -0.3 is 10.2 Å². The molecular weight excluding hydrogens is 296 g/mol. The van der Waals surface area contributed by atoms with Crippen LogP contribution in [0.2, 0.25) is 0 Å². The molecule has 0 aliphatic carbocycles. The minimum atomic E-state index is -0.436. The lowest BCUT2D eigenvalue weighted by Crippen LogP contribution is -2.37. The monoisotopic (exact) mass is 310 g/mol. The number of amides is 1. The quantitative estimate of drug-likeness (QED) is 0.865. The van der Waals surface area contributed by atoms with Crippen LogP contribution in [0.15, 0.2) is 22.7 Å². The Morgan fingerprint density at radius 2 is 2.06 bits per heavy atom. The molecule has 0 spiro atoms. The molecule has 1 heterocycles. The molecule has 1 N–H and O–H groups in total. The lowest BCUT2D eigenvalue weighted by atomic mass is 10.1. The van der Waals surface area contributed by atoms with E-state index in [1.165, 1.54) is 4.90 Å². The summed E-state index contributed by atoms with van der Waals surface area (Å²) in [5.41, 5.74) is 1.19. The normalized spacial score (nSPS) is 14.6. The van der Waals surface area contributed by atoms with Crippen LogP contribution < -0.4 is 10.2 Å². The van der Waals surface area contributed by atoms with Crippen molar-refractivity contribution in [2.75, 3.05) is 18.0 Å².